The Morgan fingerprint density at radius 3 is 2.65 bits per heavy atom. The molecule has 94 valence electrons. The molecule has 1 saturated carbocycles. The van der Waals surface area contributed by atoms with Gasteiger partial charge in [-0.05, 0) is 50.3 Å². The van der Waals surface area contributed by atoms with Crippen LogP contribution in [-0.2, 0) is 0 Å². The fraction of sp³-hybridized carbons (Fsp3) is 0.571. The third kappa shape index (κ3) is 3.80. The number of halogens is 1. The Bertz CT molecular complexity index is 361. The van der Waals surface area contributed by atoms with Crippen LogP contribution in [0.5, 0.6) is 0 Å². The predicted octanol–water partition coefficient (Wildman–Crippen LogP) is 3.40. The average molecular weight is 298 g/mol. The molecule has 0 bridgehead atoms. The molecule has 3 heteroatoms. The smallest absolute Gasteiger partial charge is 0.0541 e. The molecule has 0 spiro atoms. The molecule has 0 aromatic heterocycles. The van der Waals surface area contributed by atoms with Gasteiger partial charge in [0.15, 0.2) is 0 Å². The summed E-state index contributed by atoms with van der Waals surface area (Å²) in [6.07, 6.45) is 3.96. The fourth-order valence-corrected chi connectivity index (χ4v) is 2.89. The topological polar surface area (TPSA) is 32.3 Å². The van der Waals surface area contributed by atoms with Crippen LogP contribution in [0.25, 0.3) is 0 Å². The molecule has 1 fully saturated rings. The van der Waals surface area contributed by atoms with Gasteiger partial charge in [-0.2, -0.15) is 0 Å². The monoisotopic (exact) mass is 297 g/mol. The van der Waals surface area contributed by atoms with Gasteiger partial charge in [0.05, 0.1) is 6.10 Å². The summed E-state index contributed by atoms with van der Waals surface area (Å²) in [7, 11) is 0. The Morgan fingerprint density at radius 1 is 1.29 bits per heavy atom. The van der Waals surface area contributed by atoms with Crippen LogP contribution in [0.3, 0.4) is 0 Å². The van der Waals surface area contributed by atoms with Crippen molar-refractivity contribution in [3.8, 4) is 0 Å². The fourth-order valence-electron chi connectivity index (χ4n) is 2.47. The van der Waals surface area contributed by atoms with E-state index in [9.17, 15) is 5.11 Å². The van der Waals surface area contributed by atoms with Gasteiger partial charge in [-0.15, -0.1) is 0 Å². The van der Waals surface area contributed by atoms with Crippen molar-refractivity contribution in [2.75, 3.05) is 0 Å². The standard InChI is InChI=1S/C14H20BrNO/c1-10(11-3-2-4-12(15)9-11)16-13-5-7-14(17)8-6-13/h2-4,9-10,13-14,16-17H,5-8H2,1H3/t10-,13?,14?/m0/s1. The molecule has 0 heterocycles. The van der Waals surface area contributed by atoms with Crippen LogP contribution < -0.4 is 5.32 Å². The minimum atomic E-state index is -0.0748. The van der Waals surface area contributed by atoms with Crippen LogP contribution in [0.2, 0.25) is 0 Å². The van der Waals surface area contributed by atoms with Crippen molar-refractivity contribution in [2.24, 2.45) is 0 Å². The number of aliphatic hydroxyl groups excluding tert-OH is 1. The zero-order chi connectivity index (χ0) is 12.3. The average Bonchev–Trinajstić information content (AvgIpc) is 2.32. The molecule has 0 radical (unpaired) electrons. The molecule has 17 heavy (non-hydrogen) atoms. The van der Waals surface area contributed by atoms with Crippen molar-refractivity contribution < 1.29 is 5.11 Å². The van der Waals surface area contributed by atoms with Gasteiger partial charge in [0.25, 0.3) is 0 Å². The molecule has 0 saturated heterocycles. The van der Waals surface area contributed by atoms with E-state index >= 15 is 0 Å². The summed E-state index contributed by atoms with van der Waals surface area (Å²) in [5.74, 6) is 0. The molecule has 2 nitrogen and oxygen atoms in total. The molecule has 0 aliphatic heterocycles. The maximum absolute atomic E-state index is 9.48. The molecule has 0 amide bonds. The summed E-state index contributed by atoms with van der Waals surface area (Å²) in [6, 6.07) is 9.35. The molecular formula is C14H20BrNO. The van der Waals surface area contributed by atoms with Gasteiger partial charge in [0.1, 0.15) is 0 Å². The summed E-state index contributed by atoms with van der Waals surface area (Å²) in [4.78, 5) is 0. The number of benzene rings is 1. The highest BCUT2D eigenvalue weighted by molar-refractivity contribution is 9.10. The lowest BCUT2D eigenvalue weighted by Gasteiger charge is -2.29. The maximum Gasteiger partial charge on any atom is 0.0541 e. The first kappa shape index (κ1) is 13.1. The Hall–Kier alpha value is -0.380. The third-order valence-corrected chi connectivity index (χ3v) is 4.02. The van der Waals surface area contributed by atoms with Crippen molar-refractivity contribution in [1.29, 1.82) is 0 Å². The van der Waals surface area contributed by atoms with E-state index < -0.39 is 0 Å². The zero-order valence-electron chi connectivity index (χ0n) is 10.2. The van der Waals surface area contributed by atoms with Gasteiger partial charge < -0.3 is 10.4 Å². The minimum Gasteiger partial charge on any atom is -0.393 e. The van der Waals surface area contributed by atoms with E-state index in [4.69, 9.17) is 0 Å². The Balaban J connectivity index is 1.90. The van der Waals surface area contributed by atoms with E-state index in [1.165, 1.54) is 5.56 Å². The number of rotatable bonds is 3. The normalized spacial score (nSPS) is 26.8. The zero-order valence-corrected chi connectivity index (χ0v) is 11.8. The lowest BCUT2D eigenvalue weighted by molar-refractivity contribution is 0.114. The van der Waals surface area contributed by atoms with Crippen molar-refractivity contribution in [3.05, 3.63) is 34.3 Å². The summed E-state index contributed by atoms with van der Waals surface area (Å²) in [5.41, 5.74) is 1.31. The van der Waals surface area contributed by atoms with E-state index in [0.717, 1.165) is 30.2 Å². The van der Waals surface area contributed by atoms with E-state index in [-0.39, 0.29) is 6.10 Å². The quantitative estimate of drug-likeness (QED) is 0.896. The molecule has 2 rings (SSSR count). The molecule has 2 N–H and O–H groups in total. The van der Waals surface area contributed by atoms with Gasteiger partial charge in [-0.1, -0.05) is 28.1 Å². The third-order valence-electron chi connectivity index (χ3n) is 3.53. The van der Waals surface area contributed by atoms with E-state index in [0.29, 0.717) is 12.1 Å². The van der Waals surface area contributed by atoms with Crippen molar-refractivity contribution in [1.82, 2.24) is 5.32 Å². The van der Waals surface area contributed by atoms with Crippen molar-refractivity contribution in [2.45, 2.75) is 50.8 Å². The number of aliphatic hydroxyl groups is 1. The van der Waals surface area contributed by atoms with Crippen LogP contribution >= 0.6 is 15.9 Å². The second-order valence-electron chi connectivity index (χ2n) is 4.95. The maximum atomic E-state index is 9.48. The van der Waals surface area contributed by atoms with Gasteiger partial charge >= 0.3 is 0 Å². The molecule has 1 atom stereocenters. The van der Waals surface area contributed by atoms with E-state index in [2.05, 4.69) is 46.4 Å². The summed E-state index contributed by atoms with van der Waals surface area (Å²) >= 11 is 3.50. The largest absolute Gasteiger partial charge is 0.393 e. The van der Waals surface area contributed by atoms with Crippen LogP contribution in [0.4, 0.5) is 0 Å². The summed E-state index contributed by atoms with van der Waals surface area (Å²) in [5, 5.41) is 13.1. The van der Waals surface area contributed by atoms with Gasteiger partial charge in [-0.25, -0.2) is 0 Å². The predicted molar refractivity (Wildman–Crippen MR) is 74.0 cm³/mol. The number of hydrogen-bond donors (Lipinski definition) is 2. The number of nitrogens with one attached hydrogen (secondary N) is 1. The van der Waals surface area contributed by atoms with Crippen LogP contribution in [0, 0.1) is 0 Å². The summed E-state index contributed by atoms with van der Waals surface area (Å²) < 4.78 is 1.13. The first-order chi connectivity index (χ1) is 8.15. The highest BCUT2D eigenvalue weighted by Gasteiger charge is 2.20. The van der Waals surface area contributed by atoms with Gasteiger partial charge in [0.2, 0.25) is 0 Å². The van der Waals surface area contributed by atoms with Crippen molar-refractivity contribution >= 4 is 15.9 Å². The highest BCUT2D eigenvalue weighted by atomic mass is 79.9. The van der Waals surface area contributed by atoms with Gasteiger partial charge in [-0.3, -0.25) is 0 Å². The lowest BCUT2D eigenvalue weighted by atomic mass is 9.92. The van der Waals surface area contributed by atoms with Gasteiger partial charge in [0, 0.05) is 16.6 Å². The molecular weight excluding hydrogens is 278 g/mol. The second-order valence-corrected chi connectivity index (χ2v) is 5.86. The molecule has 1 aliphatic rings. The Labute approximate surface area is 112 Å². The highest BCUT2D eigenvalue weighted by Crippen LogP contribution is 2.23. The molecule has 1 aliphatic carbocycles. The Kier molecular flexibility index (Phi) is 4.60. The molecule has 1 aromatic rings. The Morgan fingerprint density at radius 2 is 2.00 bits per heavy atom. The lowest BCUT2D eigenvalue weighted by Crippen LogP contribution is -2.36. The van der Waals surface area contributed by atoms with Crippen LogP contribution in [-0.4, -0.2) is 17.3 Å². The van der Waals surface area contributed by atoms with E-state index in [1.54, 1.807) is 0 Å². The molecule has 0 unspecified atom stereocenters. The second kappa shape index (κ2) is 5.98. The number of hydrogen-bond acceptors (Lipinski definition) is 2. The van der Waals surface area contributed by atoms with Crippen molar-refractivity contribution in [3.63, 3.8) is 0 Å². The van der Waals surface area contributed by atoms with E-state index in [1.807, 2.05) is 6.07 Å². The minimum absolute atomic E-state index is 0.0748. The first-order valence-corrected chi connectivity index (χ1v) is 7.14. The van der Waals surface area contributed by atoms with Crippen LogP contribution in [0.1, 0.15) is 44.2 Å². The molecule has 1 aromatic carbocycles. The SMILES string of the molecule is C[C@H](NC1CCC(O)CC1)c1cccc(Br)c1. The first-order valence-electron chi connectivity index (χ1n) is 6.34. The summed E-state index contributed by atoms with van der Waals surface area (Å²) in [6.45, 7) is 2.20. The van der Waals surface area contributed by atoms with Crippen LogP contribution in [0.15, 0.2) is 28.7 Å².